The molecule has 31 heavy (non-hydrogen) atoms. The molecular formula is C22H22F2N2O4S. The molecule has 0 saturated carbocycles. The van der Waals surface area contributed by atoms with Crippen molar-refractivity contribution in [2.45, 2.75) is 24.8 Å². The van der Waals surface area contributed by atoms with Gasteiger partial charge in [0.1, 0.15) is 17.2 Å². The largest absolute Gasteiger partial charge is 0.423 e. The van der Waals surface area contributed by atoms with Gasteiger partial charge in [-0.15, -0.1) is 0 Å². The van der Waals surface area contributed by atoms with Crippen LogP contribution < -0.4 is 5.63 Å². The molecule has 9 heteroatoms. The van der Waals surface area contributed by atoms with Gasteiger partial charge in [-0.3, -0.25) is 4.90 Å². The summed E-state index contributed by atoms with van der Waals surface area (Å²) in [6.07, 6.45) is 0.822. The molecule has 2 heterocycles. The van der Waals surface area contributed by atoms with Crippen LogP contribution in [0.2, 0.25) is 0 Å². The molecular weight excluding hydrogens is 426 g/mol. The van der Waals surface area contributed by atoms with E-state index in [4.69, 9.17) is 4.42 Å². The van der Waals surface area contributed by atoms with Gasteiger partial charge in [-0.25, -0.2) is 22.0 Å². The molecule has 0 atom stereocenters. The van der Waals surface area contributed by atoms with Crippen LogP contribution in [0.15, 0.2) is 56.6 Å². The zero-order valence-corrected chi connectivity index (χ0v) is 17.8. The van der Waals surface area contributed by atoms with Crippen LogP contribution in [0.4, 0.5) is 8.78 Å². The molecule has 0 N–H and O–H groups in total. The summed E-state index contributed by atoms with van der Waals surface area (Å²) in [5.41, 5.74) is 1.95. The first-order chi connectivity index (χ1) is 14.8. The molecule has 164 valence electrons. The molecule has 2 aromatic carbocycles. The molecule has 0 unspecified atom stereocenters. The number of halogens is 2. The SMILES string of the molecule is CCc1ccc2c(CN3CCN(S(=O)(=O)c4c(F)cccc4F)CC3)cc(=O)oc2c1. The maximum absolute atomic E-state index is 14.0. The predicted molar refractivity (Wildman–Crippen MR) is 112 cm³/mol. The Labute approximate surface area is 178 Å². The summed E-state index contributed by atoms with van der Waals surface area (Å²) in [6, 6.07) is 10.2. The Bertz CT molecular complexity index is 1260. The highest BCUT2D eigenvalue weighted by molar-refractivity contribution is 7.89. The fraction of sp³-hybridized carbons (Fsp3) is 0.318. The smallest absolute Gasteiger partial charge is 0.336 e. The molecule has 0 aliphatic carbocycles. The Morgan fingerprint density at radius 3 is 2.32 bits per heavy atom. The van der Waals surface area contributed by atoms with Gasteiger partial charge in [0.25, 0.3) is 0 Å². The topological polar surface area (TPSA) is 70.8 Å². The van der Waals surface area contributed by atoms with Crippen molar-refractivity contribution in [2.24, 2.45) is 0 Å². The second-order valence-electron chi connectivity index (χ2n) is 7.51. The van der Waals surface area contributed by atoms with Gasteiger partial charge < -0.3 is 4.42 Å². The van der Waals surface area contributed by atoms with Gasteiger partial charge in [0, 0.05) is 44.2 Å². The third kappa shape index (κ3) is 4.26. The standard InChI is InChI=1S/C22H22F2N2O4S/c1-2-15-6-7-17-16(13-21(27)30-20(17)12-15)14-25-8-10-26(11-9-25)31(28,29)22-18(23)4-3-5-19(22)24/h3-7,12-13H,2,8-11,14H2,1H3. The predicted octanol–water partition coefficient (Wildman–Crippen LogP) is 3.14. The minimum atomic E-state index is -4.28. The summed E-state index contributed by atoms with van der Waals surface area (Å²) in [7, 11) is -4.28. The van der Waals surface area contributed by atoms with Crippen molar-refractivity contribution < 1.29 is 21.6 Å². The van der Waals surface area contributed by atoms with E-state index in [1.165, 1.54) is 6.07 Å². The average Bonchev–Trinajstić information content (AvgIpc) is 2.73. The molecule has 4 rings (SSSR count). The molecule has 1 fully saturated rings. The lowest BCUT2D eigenvalue weighted by Crippen LogP contribution is -2.48. The number of benzene rings is 2. The van der Waals surface area contributed by atoms with Crippen LogP contribution in [0, 0.1) is 11.6 Å². The quantitative estimate of drug-likeness (QED) is 0.561. The van der Waals surface area contributed by atoms with Gasteiger partial charge in [-0.1, -0.05) is 25.1 Å². The average molecular weight is 448 g/mol. The van der Waals surface area contributed by atoms with E-state index in [0.29, 0.717) is 25.2 Å². The van der Waals surface area contributed by atoms with Crippen LogP contribution >= 0.6 is 0 Å². The van der Waals surface area contributed by atoms with Gasteiger partial charge in [-0.05, 0) is 35.7 Å². The minimum Gasteiger partial charge on any atom is -0.423 e. The van der Waals surface area contributed by atoms with Gasteiger partial charge in [-0.2, -0.15) is 4.31 Å². The number of fused-ring (bicyclic) bond motifs is 1. The summed E-state index contributed by atoms with van der Waals surface area (Å²) < 4.78 is 59.9. The van der Waals surface area contributed by atoms with Gasteiger partial charge in [0.2, 0.25) is 10.0 Å². The lowest BCUT2D eigenvalue weighted by atomic mass is 10.1. The first-order valence-corrected chi connectivity index (χ1v) is 11.5. The van der Waals surface area contributed by atoms with Crippen molar-refractivity contribution in [3.63, 3.8) is 0 Å². The Morgan fingerprint density at radius 2 is 1.68 bits per heavy atom. The van der Waals surface area contributed by atoms with Crippen LogP contribution in [0.1, 0.15) is 18.1 Å². The maximum atomic E-state index is 14.0. The van der Waals surface area contributed by atoms with Gasteiger partial charge in [0.15, 0.2) is 4.90 Å². The number of sulfonamides is 1. The van der Waals surface area contributed by atoms with E-state index in [9.17, 15) is 22.0 Å². The van der Waals surface area contributed by atoms with Gasteiger partial charge >= 0.3 is 5.63 Å². The second-order valence-corrected chi connectivity index (χ2v) is 9.38. The van der Waals surface area contributed by atoms with E-state index in [1.807, 2.05) is 30.0 Å². The molecule has 0 amide bonds. The summed E-state index contributed by atoms with van der Waals surface area (Å²) >= 11 is 0. The summed E-state index contributed by atoms with van der Waals surface area (Å²) in [5, 5.41) is 0.834. The van der Waals surface area contributed by atoms with Crippen LogP contribution in [0.5, 0.6) is 0 Å². The molecule has 1 saturated heterocycles. The van der Waals surface area contributed by atoms with Crippen molar-refractivity contribution in [3.8, 4) is 0 Å². The Balaban J connectivity index is 1.52. The van der Waals surface area contributed by atoms with Crippen molar-refractivity contribution in [1.82, 2.24) is 9.21 Å². The van der Waals surface area contributed by atoms with Crippen molar-refractivity contribution in [2.75, 3.05) is 26.2 Å². The molecule has 1 aromatic heterocycles. The van der Waals surface area contributed by atoms with E-state index in [0.717, 1.165) is 45.4 Å². The molecule has 3 aromatic rings. The van der Waals surface area contributed by atoms with E-state index in [1.54, 1.807) is 0 Å². The third-order valence-electron chi connectivity index (χ3n) is 5.54. The van der Waals surface area contributed by atoms with Crippen LogP contribution in [-0.2, 0) is 23.0 Å². The molecule has 0 bridgehead atoms. The number of piperazine rings is 1. The van der Waals surface area contributed by atoms with Crippen molar-refractivity contribution >= 4 is 21.0 Å². The molecule has 1 aliphatic rings. The van der Waals surface area contributed by atoms with Crippen LogP contribution in [0.25, 0.3) is 11.0 Å². The van der Waals surface area contributed by atoms with E-state index in [-0.39, 0.29) is 13.1 Å². The van der Waals surface area contributed by atoms with Crippen molar-refractivity contribution in [1.29, 1.82) is 0 Å². The van der Waals surface area contributed by atoms with E-state index >= 15 is 0 Å². The highest BCUT2D eigenvalue weighted by Crippen LogP contribution is 2.25. The van der Waals surface area contributed by atoms with E-state index < -0.39 is 32.2 Å². The first kappa shape index (κ1) is 21.6. The first-order valence-electron chi connectivity index (χ1n) is 10.0. The lowest BCUT2D eigenvalue weighted by molar-refractivity contribution is 0.181. The summed E-state index contributed by atoms with van der Waals surface area (Å²) in [6.45, 7) is 3.37. The monoisotopic (exact) mass is 448 g/mol. The Morgan fingerprint density at radius 1 is 1.00 bits per heavy atom. The summed E-state index contributed by atoms with van der Waals surface area (Å²) in [4.78, 5) is 13.1. The zero-order chi connectivity index (χ0) is 22.2. The minimum absolute atomic E-state index is 0.0927. The second kappa shape index (κ2) is 8.49. The molecule has 6 nitrogen and oxygen atoms in total. The fourth-order valence-electron chi connectivity index (χ4n) is 3.85. The Hall–Kier alpha value is -2.62. The number of hydrogen-bond donors (Lipinski definition) is 0. The third-order valence-corrected chi connectivity index (χ3v) is 7.50. The Kier molecular flexibility index (Phi) is 5.92. The van der Waals surface area contributed by atoms with Crippen LogP contribution in [0.3, 0.4) is 0 Å². The molecule has 1 aliphatic heterocycles. The zero-order valence-electron chi connectivity index (χ0n) is 17.0. The highest BCUT2D eigenvalue weighted by Gasteiger charge is 2.33. The number of hydrogen-bond acceptors (Lipinski definition) is 5. The van der Waals surface area contributed by atoms with Crippen LogP contribution in [-0.4, -0.2) is 43.8 Å². The molecule has 0 spiro atoms. The number of aryl methyl sites for hydroxylation is 1. The van der Waals surface area contributed by atoms with Gasteiger partial charge in [0.05, 0.1) is 0 Å². The number of rotatable bonds is 5. The number of nitrogens with zero attached hydrogens (tertiary/aromatic N) is 2. The van der Waals surface area contributed by atoms with E-state index in [2.05, 4.69) is 0 Å². The van der Waals surface area contributed by atoms with Crippen molar-refractivity contribution in [3.05, 3.63) is 75.6 Å². The normalized spacial score (nSPS) is 16.1. The molecule has 0 radical (unpaired) electrons. The summed E-state index contributed by atoms with van der Waals surface area (Å²) in [5.74, 6) is -2.20. The highest BCUT2D eigenvalue weighted by atomic mass is 32.2. The lowest BCUT2D eigenvalue weighted by Gasteiger charge is -2.34. The fourth-order valence-corrected chi connectivity index (χ4v) is 5.38. The maximum Gasteiger partial charge on any atom is 0.336 e.